The number of hydrogen-bond acceptors (Lipinski definition) is 2. The number of fused-ring (bicyclic) bond motifs is 1. The molecule has 0 spiro atoms. The molecule has 1 heterocycles. The number of nitrogens with one attached hydrogen (secondary N) is 1. The quantitative estimate of drug-likeness (QED) is 0.746. The standard InChI is InChI=1S/C19H22FN3/c1-13(2)23-18-10-5-4-9-17(18)22-19(23)14(3)21-12-15-7-6-8-16(20)11-15/h4-11,13-14,21H,12H2,1-3H3/t14-/m1/s1. The molecule has 3 nitrogen and oxygen atoms in total. The average molecular weight is 311 g/mol. The van der Waals surface area contributed by atoms with Crippen LogP contribution in [0.1, 0.15) is 44.2 Å². The fourth-order valence-corrected chi connectivity index (χ4v) is 2.92. The van der Waals surface area contributed by atoms with Crippen molar-refractivity contribution in [3.8, 4) is 0 Å². The third kappa shape index (κ3) is 3.27. The van der Waals surface area contributed by atoms with Crippen LogP contribution in [0.2, 0.25) is 0 Å². The number of nitrogens with zero attached hydrogens (tertiary/aromatic N) is 2. The van der Waals surface area contributed by atoms with Crippen molar-refractivity contribution >= 4 is 11.0 Å². The molecule has 4 heteroatoms. The summed E-state index contributed by atoms with van der Waals surface area (Å²) in [5, 5.41) is 3.45. The van der Waals surface area contributed by atoms with Crippen molar-refractivity contribution in [2.24, 2.45) is 0 Å². The van der Waals surface area contributed by atoms with Crippen LogP contribution in [0.4, 0.5) is 4.39 Å². The summed E-state index contributed by atoms with van der Waals surface area (Å²) in [5.74, 6) is 0.809. The van der Waals surface area contributed by atoms with Crippen molar-refractivity contribution in [2.45, 2.75) is 39.4 Å². The predicted octanol–water partition coefficient (Wildman–Crippen LogP) is 4.61. The maximum Gasteiger partial charge on any atom is 0.127 e. The third-order valence-electron chi connectivity index (χ3n) is 4.03. The fraction of sp³-hybridized carbons (Fsp3) is 0.316. The van der Waals surface area contributed by atoms with Crippen LogP contribution in [0.5, 0.6) is 0 Å². The van der Waals surface area contributed by atoms with Gasteiger partial charge in [-0.15, -0.1) is 0 Å². The van der Waals surface area contributed by atoms with Gasteiger partial charge in [0.05, 0.1) is 17.1 Å². The van der Waals surface area contributed by atoms with E-state index in [4.69, 9.17) is 4.98 Å². The molecule has 0 bridgehead atoms. The molecule has 0 aliphatic rings. The normalized spacial score (nSPS) is 12.9. The van der Waals surface area contributed by atoms with Crippen LogP contribution >= 0.6 is 0 Å². The molecule has 0 saturated heterocycles. The molecule has 0 radical (unpaired) electrons. The highest BCUT2D eigenvalue weighted by atomic mass is 19.1. The van der Waals surface area contributed by atoms with Gasteiger partial charge in [0.1, 0.15) is 11.6 Å². The van der Waals surface area contributed by atoms with E-state index >= 15 is 0 Å². The lowest BCUT2D eigenvalue weighted by Gasteiger charge is -2.19. The summed E-state index contributed by atoms with van der Waals surface area (Å²) >= 11 is 0. The molecule has 0 unspecified atom stereocenters. The van der Waals surface area contributed by atoms with Crippen molar-refractivity contribution in [1.29, 1.82) is 0 Å². The molecule has 23 heavy (non-hydrogen) atoms. The number of hydrogen-bond donors (Lipinski definition) is 1. The number of para-hydroxylation sites is 2. The fourth-order valence-electron chi connectivity index (χ4n) is 2.92. The molecule has 120 valence electrons. The second-order valence-corrected chi connectivity index (χ2v) is 6.15. The lowest BCUT2D eigenvalue weighted by Crippen LogP contribution is -2.22. The first-order chi connectivity index (χ1) is 11.1. The van der Waals surface area contributed by atoms with E-state index in [0.717, 1.165) is 22.4 Å². The van der Waals surface area contributed by atoms with Gasteiger partial charge in [-0.25, -0.2) is 9.37 Å². The van der Waals surface area contributed by atoms with E-state index in [1.54, 1.807) is 12.1 Å². The number of imidazole rings is 1. The molecular weight excluding hydrogens is 289 g/mol. The number of aromatic nitrogens is 2. The SMILES string of the molecule is CC(C)n1c([C@@H](C)NCc2cccc(F)c2)nc2ccccc21. The topological polar surface area (TPSA) is 29.9 Å². The van der Waals surface area contributed by atoms with Crippen molar-refractivity contribution in [1.82, 2.24) is 14.9 Å². The van der Waals surface area contributed by atoms with E-state index < -0.39 is 0 Å². The Morgan fingerprint density at radius 3 is 2.61 bits per heavy atom. The van der Waals surface area contributed by atoms with Gasteiger partial charge in [-0.1, -0.05) is 24.3 Å². The lowest BCUT2D eigenvalue weighted by molar-refractivity contribution is 0.490. The number of rotatable bonds is 5. The van der Waals surface area contributed by atoms with E-state index in [1.807, 2.05) is 24.3 Å². The second kappa shape index (κ2) is 6.50. The first-order valence-electron chi connectivity index (χ1n) is 8.01. The summed E-state index contributed by atoms with van der Waals surface area (Å²) in [7, 11) is 0. The van der Waals surface area contributed by atoms with E-state index in [9.17, 15) is 4.39 Å². The van der Waals surface area contributed by atoms with Gasteiger partial charge >= 0.3 is 0 Å². The molecule has 0 amide bonds. The van der Waals surface area contributed by atoms with Crippen LogP contribution in [-0.4, -0.2) is 9.55 Å². The summed E-state index contributed by atoms with van der Waals surface area (Å²) < 4.78 is 15.5. The van der Waals surface area contributed by atoms with Crippen molar-refractivity contribution < 1.29 is 4.39 Å². The van der Waals surface area contributed by atoms with E-state index in [0.29, 0.717) is 12.6 Å². The Morgan fingerprint density at radius 2 is 1.87 bits per heavy atom. The smallest absolute Gasteiger partial charge is 0.127 e. The van der Waals surface area contributed by atoms with Gasteiger partial charge in [0.25, 0.3) is 0 Å². The minimum Gasteiger partial charge on any atom is -0.324 e. The van der Waals surface area contributed by atoms with E-state index in [-0.39, 0.29) is 11.9 Å². The summed E-state index contributed by atoms with van der Waals surface area (Å²) in [6, 6.07) is 15.3. The Hall–Kier alpha value is -2.20. The maximum atomic E-state index is 13.3. The highest BCUT2D eigenvalue weighted by Gasteiger charge is 2.17. The van der Waals surface area contributed by atoms with Crippen LogP contribution in [0.25, 0.3) is 11.0 Å². The summed E-state index contributed by atoms with van der Waals surface area (Å²) in [6.45, 7) is 7.04. The zero-order valence-electron chi connectivity index (χ0n) is 13.8. The van der Waals surface area contributed by atoms with Crippen molar-refractivity contribution in [3.63, 3.8) is 0 Å². The minimum atomic E-state index is -0.202. The van der Waals surface area contributed by atoms with Gasteiger partial charge in [-0.3, -0.25) is 0 Å². The second-order valence-electron chi connectivity index (χ2n) is 6.15. The highest BCUT2D eigenvalue weighted by molar-refractivity contribution is 5.76. The van der Waals surface area contributed by atoms with Crippen LogP contribution in [0.3, 0.4) is 0 Å². The van der Waals surface area contributed by atoms with Crippen LogP contribution < -0.4 is 5.32 Å². The largest absolute Gasteiger partial charge is 0.324 e. The van der Waals surface area contributed by atoms with Gasteiger partial charge < -0.3 is 9.88 Å². The third-order valence-corrected chi connectivity index (χ3v) is 4.03. The highest BCUT2D eigenvalue weighted by Crippen LogP contribution is 2.25. The number of benzene rings is 2. The van der Waals surface area contributed by atoms with E-state index in [1.165, 1.54) is 6.07 Å². The Bertz CT molecular complexity index is 807. The molecule has 2 aromatic carbocycles. The van der Waals surface area contributed by atoms with Crippen LogP contribution in [0, 0.1) is 5.82 Å². The van der Waals surface area contributed by atoms with Crippen LogP contribution in [-0.2, 0) is 6.54 Å². The molecule has 0 saturated carbocycles. The van der Waals surface area contributed by atoms with Gasteiger partial charge in [0.2, 0.25) is 0 Å². The molecule has 1 atom stereocenters. The molecule has 1 N–H and O–H groups in total. The minimum absolute atomic E-state index is 0.0769. The first kappa shape index (κ1) is 15.7. The van der Waals surface area contributed by atoms with Crippen molar-refractivity contribution in [2.75, 3.05) is 0 Å². The zero-order valence-corrected chi connectivity index (χ0v) is 13.8. The van der Waals surface area contributed by atoms with Gasteiger partial charge in [-0.2, -0.15) is 0 Å². The molecular formula is C19H22FN3. The molecule has 3 rings (SSSR count). The van der Waals surface area contributed by atoms with Gasteiger partial charge in [-0.05, 0) is 50.6 Å². The number of halogens is 1. The molecule has 0 aliphatic heterocycles. The molecule has 0 aliphatic carbocycles. The summed E-state index contributed by atoms with van der Waals surface area (Å²) in [5.41, 5.74) is 3.09. The molecule has 0 fully saturated rings. The Morgan fingerprint density at radius 1 is 1.09 bits per heavy atom. The van der Waals surface area contributed by atoms with Crippen LogP contribution in [0.15, 0.2) is 48.5 Å². The first-order valence-corrected chi connectivity index (χ1v) is 8.01. The molecule has 3 aromatic rings. The maximum absolute atomic E-state index is 13.3. The van der Waals surface area contributed by atoms with Crippen molar-refractivity contribution in [3.05, 3.63) is 65.7 Å². The average Bonchev–Trinajstić information content (AvgIpc) is 2.92. The summed E-state index contributed by atoms with van der Waals surface area (Å²) in [4.78, 5) is 4.79. The molecule has 1 aromatic heterocycles. The zero-order chi connectivity index (χ0) is 16.4. The lowest BCUT2D eigenvalue weighted by atomic mass is 10.2. The van der Waals surface area contributed by atoms with Gasteiger partial charge in [0.15, 0.2) is 0 Å². The Balaban J connectivity index is 1.85. The predicted molar refractivity (Wildman–Crippen MR) is 91.8 cm³/mol. The summed E-state index contributed by atoms with van der Waals surface area (Å²) in [6.07, 6.45) is 0. The van der Waals surface area contributed by atoms with Gasteiger partial charge in [0, 0.05) is 12.6 Å². The Kier molecular flexibility index (Phi) is 4.44. The Labute approximate surface area is 136 Å². The van der Waals surface area contributed by atoms with E-state index in [2.05, 4.69) is 36.7 Å². The monoisotopic (exact) mass is 311 g/mol.